The van der Waals surface area contributed by atoms with Crippen LogP contribution in [0.25, 0.3) is 48.3 Å². The van der Waals surface area contributed by atoms with Gasteiger partial charge in [-0.3, -0.25) is 4.98 Å². The van der Waals surface area contributed by atoms with Gasteiger partial charge >= 0.3 is 0 Å². The molecular weight excluding hydrogens is 615 g/mol. The molecule has 12 rings (SSSR count). The van der Waals surface area contributed by atoms with E-state index in [2.05, 4.69) is 160 Å². The van der Waals surface area contributed by atoms with E-state index in [1.807, 2.05) is 17.5 Å². The molecule has 6 heteroatoms. The zero-order chi connectivity index (χ0) is 31.8. The fourth-order valence-corrected chi connectivity index (χ4v) is 10.2. The van der Waals surface area contributed by atoms with Gasteiger partial charge in [0.2, 0.25) is 0 Å². The van der Waals surface area contributed by atoms with E-state index in [-0.39, 0.29) is 6.71 Å². The number of hydrogen-bond donors (Lipinski definition) is 0. The Morgan fingerprint density at radius 3 is 2.06 bits per heavy atom. The summed E-state index contributed by atoms with van der Waals surface area (Å²) in [5.41, 5.74) is 14.7. The van der Waals surface area contributed by atoms with Crippen LogP contribution in [0.2, 0.25) is 0 Å². The van der Waals surface area contributed by atoms with Crippen LogP contribution in [0.3, 0.4) is 0 Å². The van der Waals surface area contributed by atoms with Crippen molar-refractivity contribution in [2.45, 2.75) is 0 Å². The quantitative estimate of drug-likeness (QED) is 0.176. The summed E-state index contributed by atoms with van der Waals surface area (Å²) in [4.78, 5) is 9.85. The number of aromatic nitrogens is 2. The van der Waals surface area contributed by atoms with Crippen LogP contribution in [0.1, 0.15) is 0 Å². The SMILES string of the molecule is c1ccc(N2c3cc4c(cc3B3c5sc6ccccc6c5N(c5ccccc5)c5cccc2c53)c2cccc3c5ncccc5n4c23)cc1. The number of anilines is 6. The van der Waals surface area contributed by atoms with Crippen LogP contribution >= 0.6 is 11.3 Å². The van der Waals surface area contributed by atoms with Crippen molar-refractivity contribution in [1.82, 2.24) is 9.38 Å². The molecule has 0 radical (unpaired) electrons. The minimum Gasteiger partial charge on any atom is -0.311 e. The number of nitrogens with zero attached hydrogens (tertiary/aromatic N) is 4. The first-order valence-corrected chi connectivity index (χ1v) is 17.6. The molecule has 2 aliphatic heterocycles. The molecule has 6 heterocycles. The molecule has 49 heavy (non-hydrogen) atoms. The van der Waals surface area contributed by atoms with Gasteiger partial charge in [-0.05, 0) is 71.6 Å². The van der Waals surface area contributed by atoms with Crippen LogP contribution in [0.5, 0.6) is 0 Å². The standard InChI is InChI=1S/C43H25BN4S/c1-3-12-26(13-4-1)46-33-19-10-20-34-39(33)44(43-42(29-16-7-8-22-38(29)49-43)47(34)27-14-5-2-6-15-27)32-24-31-28-17-9-18-30-40-35(21-11-23-45-40)48(41(28)30)36(31)25-37(32)46/h1-25H. The monoisotopic (exact) mass is 640 g/mol. The van der Waals surface area contributed by atoms with E-state index in [0.29, 0.717) is 0 Å². The molecule has 0 N–H and O–H groups in total. The number of benzene rings is 6. The second kappa shape index (κ2) is 9.28. The molecule has 0 saturated heterocycles. The summed E-state index contributed by atoms with van der Waals surface area (Å²) in [5, 5.41) is 5.06. The zero-order valence-corrected chi connectivity index (χ0v) is 27.0. The number of para-hydroxylation sites is 3. The van der Waals surface area contributed by atoms with Crippen LogP contribution in [0, 0.1) is 0 Å². The Hall–Kier alpha value is -6.11. The summed E-state index contributed by atoms with van der Waals surface area (Å²) in [5.74, 6) is 0. The van der Waals surface area contributed by atoms with E-state index in [0.717, 1.165) is 16.7 Å². The summed E-state index contributed by atoms with van der Waals surface area (Å²) < 4.78 is 5.15. The predicted octanol–water partition coefficient (Wildman–Crippen LogP) is 9.53. The number of pyridine rings is 1. The normalized spacial score (nSPS) is 13.6. The molecule has 0 aliphatic carbocycles. The minimum atomic E-state index is 0.0800. The van der Waals surface area contributed by atoms with Crippen LogP contribution in [0.4, 0.5) is 34.1 Å². The summed E-state index contributed by atoms with van der Waals surface area (Å²) in [6.07, 6.45) is 1.91. The van der Waals surface area contributed by atoms with Crippen molar-refractivity contribution in [2.24, 2.45) is 0 Å². The van der Waals surface area contributed by atoms with Crippen molar-refractivity contribution in [3.63, 3.8) is 0 Å². The molecule has 2 aliphatic rings. The van der Waals surface area contributed by atoms with Gasteiger partial charge in [-0.15, -0.1) is 11.3 Å². The predicted molar refractivity (Wildman–Crippen MR) is 208 cm³/mol. The molecule has 0 spiro atoms. The summed E-state index contributed by atoms with van der Waals surface area (Å²) in [7, 11) is 0. The summed E-state index contributed by atoms with van der Waals surface area (Å²) in [6.45, 7) is 0.0800. The highest BCUT2D eigenvalue weighted by Gasteiger charge is 2.45. The van der Waals surface area contributed by atoms with E-state index in [4.69, 9.17) is 4.98 Å². The maximum Gasteiger partial charge on any atom is 0.264 e. The van der Waals surface area contributed by atoms with Crippen molar-refractivity contribution in [3.05, 3.63) is 152 Å². The second-order valence-corrected chi connectivity index (χ2v) is 14.2. The molecule has 10 aromatic rings. The largest absolute Gasteiger partial charge is 0.311 e. The molecule has 0 amide bonds. The average Bonchev–Trinajstić information content (AvgIpc) is 3.82. The van der Waals surface area contributed by atoms with Gasteiger partial charge in [0.1, 0.15) is 0 Å². The topological polar surface area (TPSA) is 23.8 Å². The fourth-order valence-electron chi connectivity index (χ4n) is 8.85. The third-order valence-electron chi connectivity index (χ3n) is 10.7. The van der Waals surface area contributed by atoms with Crippen molar-refractivity contribution in [2.75, 3.05) is 9.80 Å². The lowest BCUT2D eigenvalue weighted by molar-refractivity contribution is 1.26. The zero-order valence-electron chi connectivity index (χ0n) is 26.2. The maximum atomic E-state index is 4.84. The van der Waals surface area contributed by atoms with Crippen LogP contribution in [-0.4, -0.2) is 16.1 Å². The molecule has 4 aromatic heterocycles. The number of fused-ring (bicyclic) bond motifs is 12. The Balaban J connectivity index is 1.26. The number of rotatable bonds is 2. The first-order chi connectivity index (χ1) is 24.3. The first kappa shape index (κ1) is 25.9. The van der Waals surface area contributed by atoms with Gasteiger partial charge in [0.15, 0.2) is 0 Å². The highest BCUT2D eigenvalue weighted by Crippen LogP contribution is 2.48. The van der Waals surface area contributed by atoms with Gasteiger partial charge in [-0.25, -0.2) is 0 Å². The van der Waals surface area contributed by atoms with E-state index in [1.54, 1.807) is 0 Å². The van der Waals surface area contributed by atoms with Crippen molar-refractivity contribution >= 4 is 116 Å². The van der Waals surface area contributed by atoms with Crippen molar-refractivity contribution < 1.29 is 0 Å². The summed E-state index contributed by atoms with van der Waals surface area (Å²) >= 11 is 1.94. The average molecular weight is 641 g/mol. The molecule has 4 nitrogen and oxygen atoms in total. The fraction of sp³-hybridized carbons (Fsp3) is 0. The summed E-state index contributed by atoms with van der Waals surface area (Å²) in [6, 6.07) is 53.5. The molecule has 6 aromatic carbocycles. The highest BCUT2D eigenvalue weighted by atomic mass is 32.1. The first-order valence-electron chi connectivity index (χ1n) is 16.8. The van der Waals surface area contributed by atoms with E-state index in [9.17, 15) is 0 Å². The van der Waals surface area contributed by atoms with E-state index in [1.165, 1.54) is 81.4 Å². The van der Waals surface area contributed by atoms with Crippen molar-refractivity contribution in [3.8, 4) is 0 Å². The Labute approximate surface area is 286 Å². The van der Waals surface area contributed by atoms with Crippen LogP contribution < -0.4 is 25.5 Å². The van der Waals surface area contributed by atoms with E-state index >= 15 is 0 Å². The lowest BCUT2D eigenvalue weighted by atomic mass is 9.36. The van der Waals surface area contributed by atoms with Gasteiger partial charge in [0, 0.05) is 65.7 Å². The third-order valence-corrected chi connectivity index (χ3v) is 11.9. The van der Waals surface area contributed by atoms with Crippen LogP contribution in [-0.2, 0) is 0 Å². The Morgan fingerprint density at radius 2 is 1.22 bits per heavy atom. The van der Waals surface area contributed by atoms with Crippen molar-refractivity contribution in [1.29, 1.82) is 0 Å². The van der Waals surface area contributed by atoms with Gasteiger partial charge in [0.05, 0.1) is 27.8 Å². The van der Waals surface area contributed by atoms with E-state index < -0.39 is 0 Å². The second-order valence-electron chi connectivity index (χ2n) is 13.1. The Bertz CT molecular complexity index is 2970. The van der Waals surface area contributed by atoms with Gasteiger partial charge in [-0.1, -0.05) is 84.9 Å². The number of thiophene rings is 1. The van der Waals surface area contributed by atoms with Crippen LogP contribution in [0.15, 0.2) is 152 Å². The molecule has 226 valence electrons. The van der Waals surface area contributed by atoms with Gasteiger partial charge < -0.3 is 14.2 Å². The lowest BCUT2D eigenvalue weighted by Crippen LogP contribution is -2.60. The highest BCUT2D eigenvalue weighted by molar-refractivity contribution is 7.33. The third kappa shape index (κ3) is 3.22. The molecule has 0 saturated carbocycles. The van der Waals surface area contributed by atoms with Gasteiger partial charge in [0.25, 0.3) is 6.71 Å². The molecule has 0 fully saturated rings. The smallest absolute Gasteiger partial charge is 0.264 e. The Kier molecular flexibility index (Phi) is 4.91. The molecule has 0 bridgehead atoms. The number of hydrogen-bond acceptors (Lipinski definition) is 4. The molecule has 0 unspecified atom stereocenters. The Morgan fingerprint density at radius 1 is 0.531 bits per heavy atom. The maximum absolute atomic E-state index is 4.84. The van der Waals surface area contributed by atoms with Gasteiger partial charge in [-0.2, -0.15) is 0 Å². The minimum absolute atomic E-state index is 0.0800. The molecular formula is C43H25BN4S. The lowest BCUT2D eigenvalue weighted by Gasteiger charge is -2.43. The molecule has 0 atom stereocenters.